The van der Waals surface area contributed by atoms with E-state index in [-0.39, 0.29) is 12.0 Å². The predicted octanol–water partition coefficient (Wildman–Crippen LogP) is 3.53. The van der Waals surface area contributed by atoms with Crippen molar-refractivity contribution in [2.24, 2.45) is 0 Å². The fourth-order valence-corrected chi connectivity index (χ4v) is 3.43. The van der Waals surface area contributed by atoms with Crippen LogP contribution in [0.2, 0.25) is 0 Å². The van der Waals surface area contributed by atoms with Crippen LogP contribution in [0, 0.1) is 10.5 Å². The zero-order valence-electron chi connectivity index (χ0n) is 15.9. The Morgan fingerprint density at radius 3 is 2.54 bits per heavy atom. The largest absolute Gasteiger partial charge is 0.450 e. The van der Waals surface area contributed by atoms with Gasteiger partial charge in [0.1, 0.15) is 5.82 Å². The van der Waals surface area contributed by atoms with Crippen molar-refractivity contribution in [1.29, 1.82) is 0 Å². The van der Waals surface area contributed by atoms with Crippen LogP contribution in [-0.4, -0.2) is 54.7 Å². The predicted molar refractivity (Wildman–Crippen MR) is 117 cm³/mol. The summed E-state index contributed by atoms with van der Waals surface area (Å²) in [4.78, 5) is 32.5. The zero-order valence-corrected chi connectivity index (χ0v) is 18.1. The molecule has 1 saturated heterocycles. The Kier molecular flexibility index (Phi) is 6.71. The molecule has 0 unspecified atom stereocenters. The Hall–Kier alpha value is -2.36. The standard InChI is InChI=1S/C20H23IN4O3/c1-3-28-20(27)25-10-8-24(9-11-25)18-7-5-15(13-22-18)19(26)23-16-6-4-14(2)17(21)12-16/h4-7,12-13H,3,8-11H2,1-2H3,(H,23,26). The van der Waals surface area contributed by atoms with Crippen LogP contribution in [0.15, 0.2) is 36.5 Å². The number of halogens is 1. The third-order valence-corrected chi connectivity index (χ3v) is 5.73. The van der Waals surface area contributed by atoms with Crippen molar-refractivity contribution in [2.75, 3.05) is 43.0 Å². The first-order valence-corrected chi connectivity index (χ1v) is 10.3. The third-order valence-electron chi connectivity index (χ3n) is 4.57. The number of carbonyl (C=O) groups is 2. The number of ether oxygens (including phenoxy) is 1. The van der Waals surface area contributed by atoms with E-state index in [4.69, 9.17) is 4.74 Å². The van der Waals surface area contributed by atoms with Gasteiger partial charge in [-0.1, -0.05) is 6.07 Å². The summed E-state index contributed by atoms with van der Waals surface area (Å²) < 4.78 is 6.14. The number of aromatic nitrogens is 1. The number of hydrogen-bond donors (Lipinski definition) is 1. The van der Waals surface area contributed by atoms with Gasteiger partial charge in [0.2, 0.25) is 0 Å². The lowest BCUT2D eigenvalue weighted by molar-refractivity contribution is 0.102. The Morgan fingerprint density at radius 2 is 1.93 bits per heavy atom. The van der Waals surface area contributed by atoms with Gasteiger partial charge in [-0.2, -0.15) is 0 Å². The van der Waals surface area contributed by atoms with Gasteiger partial charge >= 0.3 is 6.09 Å². The molecule has 28 heavy (non-hydrogen) atoms. The van der Waals surface area contributed by atoms with E-state index in [2.05, 4.69) is 37.8 Å². The Bertz CT molecular complexity index is 849. The Morgan fingerprint density at radius 1 is 1.18 bits per heavy atom. The van der Waals surface area contributed by atoms with Gasteiger partial charge in [-0.15, -0.1) is 0 Å². The highest BCUT2D eigenvalue weighted by Gasteiger charge is 2.22. The molecule has 1 aromatic heterocycles. The molecular formula is C20H23IN4O3. The van der Waals surface area contributed by atoms with Crippen LogP contribution < -0.4 is 10.2 Å². The number of nitrogens with one attached hydrogen (secondary N) is 1. The van der Waals surface area contributed by atoms with E-state index in [1.54, 1.807) is 24.1 Å². The minimum absolute atomic E-state index is 0.189. The second-order valence-corrected chi connectivity index (χ2v) is 7.66. The summed E-state index contributed by atoms with van der Waals surface area (Å²) in [7, 11) is 0. The molecule has 1 aliphatic rings. The van der Waals surface area contributed by atoms with Gasteiger partial charge in [0.05, 0.1) is 12.2 Å². The van der Waals surface area contributed by atoms with Crippen LogP contribution >= 0.6 is 22.6 Å². The fraction of sp³-hybridized carbons (Fsp3) is 0.350. The maximum atomic E-state index is 12.5. The second kappa shape index (κ2) is 9.22. The molecule has 7 nitrogen and oxygen atoms in total. The molecule has 0 radical (unpaired) electrons. The van der Waals surface area contributed by atoms with Crippen LogP contribution in [0.25, 0.3) is 0 Å². The molecule has 2 amide bonds. The van der Waals surface area contributed by atoms with E-state index in [9.17, 15) is 9.59 Å². The smallest absolute Gasteiger partial charge is 0.409 e. The summed E-state index contributed by atoms with van der Waals surface area (Å²) in [6, 6.07) is 9.43. The van der Waals surface area contributed by atoms with E-state index < -0.39 is 0 Å². The molecule has 1 aromatic carbocycles. The van der Waals surface area contributed by atoms with Gasteiger partial charge in [-0.3, -0.25) is 4.79 Å². The average molecular weight is 494 g/mol. The Labute approximate surface area is 178 Å². The summed E-state index contributed by atoms with van der Waals surface area (Å²) in [5.74, 6) is 0.607. The van der Waals surface area contributed by atoms with Crippen molar-refractivity contribution >= 4 is 46.1 Å². The molecule has 0 aliphatic carbocycles. The SMILES string of the molecule is CCOC(=O)N1CCN(c2ccc(C(=O)Nc3ccc(C)c(I)c3)cn2)CC1. The number of benzene rings is 1. The number of pyridine rings is 1. The molecule has 0 spiro atoms. The zero-order chi connectivity index (χ0) is 20.1. The maximum Gasteiger partial charge on any atom is 0.409 e. The molecule has 2 heterocycles. The monoisotopic (exact) mass is 494 g/mol. The number of rotatable bonds is 4. The molecule has 2 aromatic rings. The van der Waals surface area contributed by atoms with Gasteiger partial charge in [0, 0.05) is 41.6 Å². The van der Waals surface area contributed by atoms with Gasteiger partial charge in [0.25, 0.3) is 5.91 Å². The average Bonchev–Trinajstić information content (AvgIpc) is 2.71. The van der Waals surface area contributed by atoms with Crippen molar-refractivity contribution in [3.63, 3.8) is 0 Å². The van der Waals surface area contributed by atoms with E-state index >= 15 is 0 Å². The second-order valence-electron chi connectivity index (χ2n) is 6.50. The van der Waals surface area contributed by atoms with Gasteiger partial charge in [-0.25, -0.2) is 9.78 Å². The number of carbonyl (C=O) groups excluding carboxylic acids is 2. The van der Waals surface area contributed by atoms with E-state index in [0.717, 1.165) is 15.1 Å². The Balaban J connectivity index is 1.58. The van der Waals surface area contributed by atoms with Crippen molar-refractivity contribution in [3.8, 4) is 0 Å². The van der Waals surface area contributed by atoms with Gasteiger partial charge < -0.3 is 19.9 Å². The number of hydrogen-bond acceptors (Lipinski definition) is 5. The summed E-state index contributed by atoms with van der Waals surface area (Å²) in [6.45, 7) is 6.76. The van der Waals surface area contributed by atoms with Crippen molar-refractivity contribution in [2.45, 2.75) is 13.8 Å². The van der Waals surface area contributed by atoms with Crippen LogP contribution in [-0.2, 0) is 4.74 Å². The van der Waals surface area contributed by atoms with Crippen LogP contribution in [0.5, 0.6) is 0 Å². The highest BCUT2D eigenvalue weighted by atomic mass is 127. The first kappa shape index (κ1) is 20.4. The van der Waals surface area contributed by atoms with Crippen molar-refractivity contribution in [1.82, 2.24) is 9.88 Å². The van der Waals surface area contributed by atoms with Crippen LogP contribution in [0.1, 0.15) is 22.8 Å². The van der Waals surface area contributed by atoms with E-state index in [1.165, 1.54) is 5.56 Å². The fourth-order valence-electron chi connectivity index (χ4n) is 2.91. The highest BCUT2D eigenvalue weighted by molar-refractivity contribution is 14.1. The van der Waals surface area contributed by atoms with Crippen molar-refractivity contribution in [3.05, 3.63) is 51.2 Å². The summed E-state index contributed by atoms with van der Waals surface area (Å²) >= 11 is 2.25. The quantitative estimate of drug-likeness (QED) is 0.659. The molecule has 1 fully saturated rings. The van der Waals surface area contributed by atoms with Gasteiger partial charge in [0.15, 0.2) is 0 Å². The van der Waals surface area contributed by atoms with Crippen LogP contribution in [0.4, 0.5) is 16.3 Å². The molecule has 3 rings (SSSR count). The molecular weight excluding hydrogens is 471 g/mol. The summed E-state index contributed by atoms with van der Waals surface area (Å²) in [6.07, 6.45) is 1.31. The first-order chi connectivity index (χ1) is 13.5. The molecule has 1 aliphatic heterocycles. The maximum absolute atomic E-state index is 12.5. The van der Waals surface area contributed by atoms with Crippen molar-refractivity contribution < 1.29 is 14.3 Å². The highest BCUT2D eigenvalue weighted by Crippen LogP contribution is 2.19. The summed E-state index contributed by atoms with van der Waals surface area (Å²) in [5, 5.41) is 2.90. The van der Waals surface area contributed by atoms with E-state index in [1.807, 2.05) is 31.2 Å². The molecule has 1 N–H and O–H groups in total. The molecule has 148 valence electrons. The number of aryl methyl sites for hydroxylation is 1. The minimum atomic E-state index is -0.270. The number of amides is 2. The normalized spacial score (nSPS) is 14.0. The lowest BCUT2D eigenvalue weighted by Gasteiger charge is -2.34. The van der Waals surface area contributed by atoms with Crippen LogP contribution in [0.3, 0.4) is 0 Å². The molecule has 0 saturated carbocycles. The number of anilines is 2. The summed E-state index contributed by atoms with van der Waals surface area (Å²) in [5.41, 5.74) is 2.44. The molecule has 8 heteroatoms. The number of nitrogens with zero attached hydrogens (tertiary/aromatic N) is 3. The topological polar surface area (TPSA) is 74.8 Å². The molecule has 0 bridgehead atoms. The lowest BCUT2D eigenvalue weighted by atomic mass is 10.2. The minimum Gasteiger partial charge on any atom is -0.450 e. The lowest BCUT2D eigenvalue weighted by Crippen LogP contribution is -2.49. The first-order valence-electron chi connectivity index (χ1n) is 9.18. The van der Waals surface area contributed by atoms with Gasteiger partial charge in [-0.05, 0) is 66.3 Å². The number of piperazine rings is 1. The molecule has 0 atom stereocenters. The van der Waals surface area contributed by atoms with E-state index in [0.29, 0.717) is 38.3 Å². The third kappa shape index (κ3) is 4.92.